The number of allylic oxidation sites excluding steroid dienone is 2. The summed E-state index contributed by atoms with van der Waals surface area (Å²) in [7, 11) is 0. The summed E-state index contributed by atoms with van der Waals surface area (Å²) in [6.07, 6.45) is 4.52. The number of hydrogen-bond acceptors (Lipinski definition) is 3. The van der Waals surface area contributed by atoms with Crippen LogP contribution in [0.4, 0.5) is 0 Å². The molecule has 3 heteroatoms. The van der Waals surface area contributed by atoms with Crippen LogP contribution in [0.1, 0.15) is 27.2 Å². The normalized spacial score (nSPS) is 33.7. The fourth-order valence-corrected chi connectivity index (χ4v) is 2.40. The Bertz CT molecular complexity index is 341. The van der Waals surface area contributed by atoms with E-state index >= 15 is 0 Å². The van der Waals surface area contributed by atoms with Gasteiger partial charge in [-0.15, -0.1) is 0 Å². The molecule has 0 aromatic carbocycles. The number of hydrogen-bond donors (Lipinski definition) is 0. The van der Waals surface area contributed by atoms with Crippen molar-refractivity contribution in [3.05, 3.63) is 23.5 Å². The summed E-state index contributed by atoms with van der Waals surface area (Å²) >= 11 is 0. The van der Waals surface area contributed by atoms with E-state index in [0.717, 1.165) is 6.42 Å². The molecule has 3 nitrogen and oxygen atoms in total. The lowest BCUT2D eigenvalue weighted by molar-refractivity contribution is -0.178. The van der Waals surface area contributed by atoms with Crippen molar-refractivity contribution in [2.24, 2.45) is 11.8 Å². The predicted molar refractivity (Wildman–Crippen MR) is 55.8 cm³/mol. The van der Waals surface area contributed by atoms with Gasteiger partial charge in [0.1, 0.15) is 0 Å². The topological polar surface area (TPSA) is 35.5 Å². The Balaban J connectivity index is 2.20. The highest BCUT2D eigenvalue weighted by atomic mass is 16.7. The van der Waals surface area contributed by atoms with Crippen LogP contribution in [0.15, 0.2) is 23.5 Å². The molecule has 0 amide bonds. The molecule has 0 fully saturated rings. The molecular formula is C12H16O3. The molecule has 0 unspecified atom stereocenters. The van der Waals surface area contributed by atoms with E-state index in [0.29, 0.717) is 5.92 Å². The molecule has 3 atom stereocenters. The third kappa shape index (κ3) is 1.78. The largest absolute Gasteiger partial charge is 0.462 e. The quantitative estimate of drug-likeness (QED) is 0.490. The summed E-state index contributed by atoms with van der Waals surface area (Å²) in [5.74, 6) is 0.369. The molecule has 0 spiro atoms. The maximum Gasteiger partial charge on any atom is 0.305 e. The zero-order valence-electron chi connectivity index (χ0n) is 9.32. The zero-order valence-corrected chi connectivity index (χ0v) is 9.32. The van der Waals surface area contributed by atoms with Gasteiger partial charge in [0.2, 0.25) is 6.29 Å². The second kappa shape index (κ2) is 3.72. The van der Waals surface area contributed by atoms with Crippen molar-refractivity contribution in [1.82, 2.24) is 0 Å². The monoisotopic (exact) mass is 208 g/mol. The molecule has 0 radical (unpaired) electrons. The molecule has 2 rings (SSSR count). The van der Waals surface area contributed by atoms with Gasteiger partial charge in [-0.3, -0.25) is 4.79 Å². The summed E-state index contributed by atoms with van der Waals surface area (Å²) in [4.78, 5) is 10.9. The van der Waals surface area contributed by atoms with Crippen molar-refractivity contribution in [2.75, 3.05) is 0 Å². The van der Waals surface area contributed by atoms with Crippen molar-refractivity contribution >= 4 is 5.97 Å². The molecule has 1 aliphatic carbocycles. The Hall–Kier alpha value is -1.25. The van der Waals surface area contributed by atoms with E-state index in [9.17, 15) is 4.79 Å². The maximum absolute atomic E-state index is 10.9. The average Bonchev–Trinajstić information content (AvgIpc) is 2.54. The van der Waals surface area contributed by atoms with Crippen LogP contribution in [0.5, 0.6) is 0 Å². The van der Waals surface area contributed by atoms with Crippen molar-refractivity contribution < 1.29 is 14.3 Å². The van der Waals surface area contributed by atoms with Crippen molar-refractivity contribution in [3.8, 4) is 0 Å². The molecule has 15 heavy (non-hydrogen) atoms. The Morgan fingerprint density at radius 2 is 2.20 bits per heavy atom. The third-order valence-electron chi connectivity index (χ3n) is 3.20. The van der Waals surface area contributed by atoms with Gasteiger partial charge in [-0.05, 0) is 31.8 Å². The van der Waals surface area contributed by atoms with E-state index in [4.69, 9.17) is 9.47 Å². The first-order valence-electron chi connectivity index (χ1n) is 5.25. The number of carbonyl (C=O) groups excluding carboxylic acids is 1. The molecule has 82 valence electrons. The van der Waals surface area contributed by atoms with Gasteiger partial charge in [-0.1, -0.05) is 11.6 Å². The summed E-state index contributed by atoms with van der Waals surface area (Å²) in [6.45, 7) is 5.55. The van der Waals surface area contributed by atoms with Crippen LogP contribution in [0.2, 0.25) is 0 Å². The van der Waals surface area contributed by atoms with Crippen LogP contribution in [-0.4, -0.2) is 12.3 Å². The van der Waals surface area contributed by atoms with Crippen molar-refractivity contribution in [3.63, 3.8) is 0 Å². The predicted octanol–water partition coefficient (Wildman–Crippen LogP) is 2.39. The van der Waals surface area contributed by atoms with Gasteiger partial charge in [0.25, 0.3) is 0 Å². The van der Waals surface area contributed by atoms with E-state index in [1.54, 1.807) is 6.26 Å². The van der Waals surface area contributed by atoms with Gasteiger partial charge in [-0.2, -0.15) is 0 Å². The number of fused-ring (bicyclic) bond motifs is 1. The first-order chi connectivity index (χ1) is 7.09. The molecule has 0 aromatic rings. The van der Waals surface area contributed by atoms with Crippen LogP contribution in [0.25, 0.3) is 0 Å². The Morgan fingerprint density at radius 3 is 2.87 bits per heavy atom. The Kier molecular flexibility index (Phi) is 2.55. The van der Waals surface area contributed by atoms with Crippen molar-refractivity contribution in [1.29, 1.82) is 0 Å². The molecule has 0 bridgehead atoms. The van der Waals surface area contributed by atoms with E-state index in [2.05, 4.69) is 19.9 Å². The van der Waals surface area contributed by atoms with E-state index in [1.807, 2.05) is 0 Å². The van der Waals surface area contributed by atoms with Gasteiger partial charge in [-0.25, -0.2) is 0 Å². The van der Waals surface area contributed by atoms with Gasteiger partial charge in [0.05, 0.1) is 12.2 Å². The molecule has 0 saturated heterocycles. The Labute approximate surface area is 89.8 Å². The number of esters is 1. The lowest BCUT2D eigenvalue weighted by Gasteiger charge is -2.33. The third-order valence-corrected chi connectivity index (χ3v) is 3.20. The lowest BCUT2D eigenvalue weighted by Crippen LogP contribution is -2.35. The van der Waals surface area contributed by atoms with Gasteiger partial charge in [0.15, 0.2) is 0 Å². The SMILES string of the molecule is CC(=O)O[C@H]1OC=C(C)[C@@H]2CC=C(C)[C@H]12. The van der Waals surface area contributed by atoms with Gasteiger partial charge >= 0.3 is 5.97 Å². The smallest absolute Gasteiger partial charge is 0.305 e. The standard InChI is InChI=1S/C12H16O3/c1-7-4-5-10-8(2)6-14-12(11(7)10)15-9(3)13/h4,6,10-12H,5H2,1-3H3/t10-,11-,12+/m0/s1. The fourth-order valence-electron chi connectivity index (χ4n) is 2.40. The zero-order chi connectivity index (χ0) is 11.0. The second-order valence-electron chi connectivity index (χ2n) is 4.29. The molecule has 1 aliphatic heterocycles. The van der Waals surface area contributed by atoms with E-state index in [-0.39, 0.29) is 11.9 Å². The van der Waals surface area contributed by atoms with Crippen molar-refractivity contribution in [2.45, 2.75) is 33.5 Å². The van der Waals surface area contributed by atoms with Gasteiger partial charge in [0, 0.05) is 6.92 Å². The van der Waals surface area contributed by atoms with Crippen LogP contribution >= 0.6 is 0 Å². The van der Waals surface area contributed by atoms with Crippen LogP contribution in [-0.2, 0) is 14.3 Å². The summed E-state index contributed by atoms with van der Waals surface area (Å²) in [5, 5.41) is 0. The number of rotatable bonds is 1. The minimum atomic E-state index is -0.435. The minimum Gasteiger partial charge on any atom is -0.462 e. The average molecular weight is 208 g/mol. The maximum atomic E-state index is 10.9. The van der Waals surface area contributed by atoms with E-state index in [1.165, 1.54) is 18.1 Å². The molecule has 0 aromatic heterocycles. The highest BCUT2D eigenvalue weighted by Crippen LogP contribution is 2.42. The summed E-state index contributed by atoms with van der Waals surface area (Å²) < 4.78 is 10.6. The number of ether oxygens (including phenoxy) is 2. The molecule has 0 saturated carbocycles. The molecule has 1 heterocycles. The number of carbonyl (C=O) groups is 1. The summed E-state index contributed by atoms with van der Waals surface area (Å²) in [6, 6.07) is 0. The fraction of sp³-hybridized carbons (Fsp3) is 0.583. The van der Waals surface area contributed by atoms with Crippen LogP contribution < -0.4 is 0 Å². The molecular weight excluding hydrogens is 192 g/mol. The van der Waals surface area contributed by atoms with E-state index < -0.39 is 6.29 Å². The lowest BCUT2D eigenvalue weighted by atomic mass is 9.85. The molecule has 0 N–H and O–H groups in total. The Morgan fingerprint density at radius 1 is 1.47 bits per heavy atom. The minimum absolute atomic E-state index is 0.207. The molecule has 2 aliphatic rings. The second-order valence-corrected chi connectivity index (χ2v) is 4.29. The van der Waals surface area contributed by atoms with Gasteiger partial charge < -0.3 is 9.47 Å². The highest BCUT2D eigenvalue weighted by Gasteiger charge is 2.40. The summed E-state index contributed by atoms with van der Waals surface area (Å²) in [5.41, 5.74) is 2.50. The highest BCUT2D eigenvalue weighted by molar-refractivity contribution is 5.66. The van der Waals surface area contributed by atoms with Crippen LogP contribution in [0.3, 0.4) is 0 Å². The first kappa shape index (κ1) is 10.3. The van der Waals surface area contributed by atoms with Crippen LogP contribution in [0, 0.1) is 11.8 Å². The first-order valence-corrected chi connectivity index (χ1v) is 5.25.